The Kier molecular flexibility index (Phi) is 4.86. The minimum Gasteiger partial charge on any atom is -0.370 e. The van der Waals surface area contributed by atoms with Crippen LogP contribution in [0.25, 0.3) is 0 Å². The minimum absolute atomic E-state index is 0.120. The van der Waals surface area contributed by atoms with Crippen molar-refractivity contribution in [1.82, 2.24) is 10.3 Å². The van der Waals surface area contributed by atoms with Crippen LogP contribution in [0, 0.1) is 5.41 Å². The second kappa shape index (κ2) is 6.44. The third kappa shape index (κ3) is 3.63. The van der Waals surface area contributed by atoms with Crippen molar-refractivity contribution in [2.45, 2.75) is 39.5 Å². The molecule has 0 aliphatic heterocycles. The predicted molar refractivity (Wildman–Crippen MR) is 82.3 cm³/mol. The van der Waals surface area contributed by atoms with Crippen LogP contribution < -0.4 is 10.6 Å². The number of aromatic nitrogens is 1. The Hall–Kier alpha value is -1.29. The van der Waals surface area contributed by atoms with Crippen molar-refractivity contribution in [1.29, 1.82) is 0 Å². The average Bonchev–Trinajstić information content (AvgIpc) is 2.41. The Morgan fingerprint density at radius 2 is 2.25 bits per heavy atom. The van der Waals surface area contributed by atoms with Gasteiger partial charge >= 0.3 is 0 Å². The van der Waals surface area contributed by atoms with Gasteiger partial charge in [0.05, 0.1) is 10.6 Å². The first-order chi connectivity index (χ1) is 9.54. The maximum Gasteiger partial charge on any atom is 0.253 e. The molecule has 1 amide bonds. The summed E-state index contributed by atoms with van der Waals surface area (Å²) < 4.78 is 0. The van der Waals surface area contributed by atoms with Gasteiger partial charge in [0.2, 0.25) is 0 Å². The number of nitrogens with zero attached hydrogens (tertiary/aromatic N) is 1. The van der Waals surface area contributed by atoms with Gasteiger partial charge in [-0.25, -0.2) is 4.98 Å². The summed E-state index contributed by atoms with van der Waals surface area (Å²) >= 11 is 6.07. The predicted octanol–water partition coefficient (Wildman–Crippen LogP) is 3.48. The largest absolute Gasteiger partial charge is 0.370 e. The Balaban J connectivity index is 2.00. The van der Waals surface area contributed by atoms with Gasteiger partial charge in [0.25, 0.3) is 5.91 Å². The first-order valence-corrected chi connectivity index (χ1v) is 7.59. The first kappa shape index (κ1) is 15.1. The molecule has 1 aliphatic carbocycles. The number of halogens is 1. The number of anilines is 1. The number of amides is 1. The van der Waals surface area contributed by atoms with E-state index in [1.807, 2.05) is 0 Å². The number of hydrogen-bond donors (Lipinski definition) is 2. The molecule has 0 saturated heterocycles. The number of carbonyl (C=O) groups is 1. The van der Waals surface area contributed by atoms with Crippen molar-refractivity contribution in [3.05, 3.63) is 22.8 Å². The molecule has 1 aromatic rings. The van der Waals surface area contributed by atoms with Gasteiger partial charge in [-0.1, -0.05) is 31.9 Å². The van der Waals surface area contributed by atoms with E-state index in [0.717, 1.165) is 13.0 Å². The highest BCUT2D eigenvalue weighted by Gasteiger charge is 2.32. The van der Waals surface area contributed by atoms with Crippen molar-refractivity contribution >= 4 is 23.3 Å². The van der Waals surface area contributed by atoms with E-state index in [-0.39, 0.29) is 11.3 Å². The molecule has 4 nitrogen and oxygen atoms in total. The lowest BCUT2D eigenvalue weighted by Crippen LogP contribution is -2.40. The number of nitrogens with one attached hydrogen (secondary N) is 2. The first-order valence-electron chi connectivity index (χ1n) is 7.22. The molecule has 0 bridgehead atoms. The monoisotopic (exact) mass is 295 g/mol. The Bertz CT molecular complexity index is 486. The van der Waals surface area contributed by atoms with Crippen molar-refractivity contribution < 1.29 is 4.79 Å². The molecule has 1 aliphatic rings. The quantitative estimate of drug-likeness (QED) is 0.845. The molecular weight excluding hydrogens is 274 g/mol. The topological polar surface area (TPSA) is 54.0 Å². The van der Waals surface area contributed by atoms with Crippen molar-refractivity contribution in [3.63, 3.8) is 0 Å². The molecule has 0 spiro atoms. The molecular formula is C15H22ClN3O. The van der Waals surface area contributed by atoms with Crippen LogP contribution >= 0.6 is 11.6 Å². The molecule has 1 heterocycles. The third-order valence-corrected chi connectivity index (χ3v) is 4.19. The van der Waals surface area contributed by atoms with Gasteiger partial charge in [-0.3, -0.25) is 4.79 Å². The summed E-state index contributed by atoms with van der Waals surface area (Å²) in [6.07, 6.45) is 6.15. The lowest BCUT2D eigenvalue weighted by atomic mass is 9.70. The Labute approximate surface area is 125 Å². The molecule has 2 N–H and O–H groups in total. The summed E-state index contributed by atoms with van der Waals surface area (Å²) in [5.74, 6) is 0.571. The van der Waals surface area contributed by atoms with Crippen LogP contribution in [-0.2, 0) is 0 Å². The lowest BCUT2D eigenvalue weighted by molar-refractivity contribution is 0.0891. The van der Waals surface area contributed by atoms with Gasteiger partial charge < -0.3 is 10.6 Å². The highest BCUT2D eigenvalue weighted by molar-refractivity contribution is 6.33. The Morgan fingerprint density at radius 1 is 1.50 bits per heavy atom. The van der Waals surface area contributed by atoms with E-state index in [1.54, 1.807) is 6.07 Å². The average molecular weight is 296 g/mol. The SMILES string of the molecule is CCCNc1cc(C(=O)NCC2(C)CCC2)c(Cl)cn1. The number of rotatable bonds is 6. The van der Waals surface area contributed by atoms with E-state index < -0.39 is 0 Å². The van der Waals surface area contributed by atoms with Crippen molar-refractivity contribution in [2.24, 2.45) is 5.41 Å². The third-order valence-electron chi connectivity index (χ3n) is 3.89. The molecule has 0 radical (unpaired) electrons. The maximum atomic E-state index is 12.2. The molecule has 1 aromatic heterocycles. The van der Waals surface area contributed by atoms with Crippen LogP contribution in [0.2, 0.25) is 5.02 Å². The highest BCUT2D eigenvalue weighted by Crippen LogP contribution is 2.39. The van der Waals surface area contributed by atoms with Crippen LogP contribution in [0.3, 0.4) is 0 Å². The van der Waals surface area contributed by atoms with Crippen LogP contribution in [0.5, 0.6) is 0 Å². The van der Waals surface area contributed by atoms with E-state index in [1.165, 1.54) is 25.5 Å². The summed E-state index contributed by atoms with van der Waals surface area (Å²) in [5.41, 5.74) is 0.751. The normalized spacial score (nSPS) is 16.4. The molecule has 1 fully saturated rings. The molecule has 110 valence electrons. The maximum absolute atomic E-state index is 12.2. The summed E-state index contributed by atoms with van der Waals surface area (Å²) in [6.45, 7) is 5.82. The van der Waals surface area contributed by atoms with E-state index in [9.17, 15) is 4.79 Å². The fourth-order valence-electron chi connectivity index (χ4n) is 2.31. The number of carbonyl (C=O) groups excluding carboxylic acids is 1. The zero-order valence-electron chi connectivity index (χ0n) is 12.1. The number of hydrogen-bond acceptors (Lipinski definition) is 3. The second-order valence-corrected chi connectivity index (χ2v) is 6.23. The van der Waals surface area contributed by atoms with Crippen LogP contribution in [0.4, 0.5) is 5.82 Å². The summed E-state index contributed by atoms with van der Waals surface area (Å²) in [4.78, 5) is 16.4. The van der Waals surface area contributed by atoms with E-state index in [0.29, 0.717) is 22.9 Å². The van der Waals surface area contributed by atoms with Crippen LogP contribution in [0.1, 0.15) is 49.9 Å². The van der Waals surface area contributed by atoms with E-state index >= 15 is 0 Å². The standard InChI is InChI=1S/C15H22ClN3O/c1-3-7-17-13-8-11(12(16)9-18-13)14(20)19-10-15(2)5-4-6-15/h8-9H,3-7,10H2,1-2H3,(H,17,18)(H,19,20). The van der Waals surface area contributed by atoms with Gasteiger partial charge in [-0.05, 0) is 30.7 Å². The molecule has 20 heavy (non-hydrogen) atoms. The Morgan fingerprint density at radius 3 is 2.85 bits per heavy atom. The minimum atomic E-state index is -0.120. The van der Waals surface area contributed by atoms with Crippen LogP contribution in [-0.4, -0.2) is 24.0 Å². The lowest BCUT2D eigenvalue weighted by Gasteiger charge is -2.38. The zero-order valence-corrected chi connectivity index (χ0v) is 12.9. The van der Waals surface area contributed by atoms with Gasteiger partial charge in [0.1, 0.15) is 5.82 Å². The molecule has 2 rings (SSSR count). The number of pyridine rings is 1. The van der Waals surface area contributed by atoms with E-state index in [4.69, 9.17) is 11.6 Å². The van der Waals surface area contributed by atoms with Crippen LogP contribution in [0.15, 0.2) is 12.3 Å². The fraction of sp³-hybridized carbons (Fsp3) is 0.600. The molecule has 0 unspecified atom stereocenters. The molecule has 1 saturated carbocycles. The van der Waals surface area contributed by atoms with Gasteiger partial charge in [0, 0.05) is 19.3 Å². The smallest absolute Gasteiger partial charge is 0.253 e. The van der Waals surface area contributed by atoms with Gasteiger partial charge in [-0.15, -0.1) is 0 Å². The van der Waals surface area contributed by atoms with Crippen molar-refractivity contribution in [2.75, 3.05) is 18.4 Å². The summed E-state index contributed by atoms with van der Waals surface area (Å²) in [5, 5.41) is 6.54. The highest BCUT2D eigenvalue weighted by atomic mass is 35.5. The van der Waals surface area contributed by atoms with E-state index in [2.05, 4.69) is 29.5 Å². The zero-order chi connectivity index (χ0) is 14.6. The fourth-order valence-corrected chi connectivity index (χ4v) is 2.50. The molecule has 0 atom stereocenters. The van der Waals surface area contributed by atoms with Crippen molar-refractivity contribution in [3.8, 4) is 0 Å². The summed E-state index contributed by atoms with van der Waals surface area (Å²) in [7, 11) is 0. The van der Waals surface area contributed by atoms with Gasteiger partial charge in [0.15, 0.2) is 0 Å². The molecule has 5 heteroatoms. The van der Waals surface area contributed by atoms with Gasteiger partial charge in [-0.2, -0.15) is 0 Å². The molecule has 0 aromatic carbocycles. The summed E-state index contributed by atoms with van der Waals surface area (Å²) in [6, 6.07) is 1.72. The second-order valence-electron chi connectivity index (χ2n) is 5.82.